The molecule has 0 radical (unpaired) electrons. The zero-order valence-corrected chi connectivity index (χ0v) is 15.3. The van der Waals surface area contributed by atoms with Crippen LogP contribution in [0.1, 0.15) is 24.4 Å². The van der Waals surface area contributed by atoms with Crippen molar-refractivity contribution in [2.24, 2.45) is 13.0 Å². The summed E-state index contributed by atoms with van der Waals surface area (Å²) in [5.74, 6) is 2.60. The fourth-order valence-electron chi connectivity index (χ4n) is 3.71. The van der Waals surface area contributed by atoms with Crippen LogP contribution in [0.2, 0.25) is 0 Å². The second kappa shape index (κ2) is 7.23. The van der Waals surface area contributed by atoms with Crippen molar-refractivity contribution in [3.63, 3.8) is 0 Å². The molecule has 6 heteroatoms. The number of anilines is 1. The molecule has 0 N–H and O–H groups in total. The number of rotatable bonds is 4. The fourth-order valence-corrected chi connectivity index (χ4v) is 3.71. The maximum Gasteiger partial charge on any atom is 0.128 e. The highest BCUT2D eigenvalue weighted by molar-refractivity contribution is 5.57. The summed E-state index contributed by atoms with van der Waals surface area (Å²) in [6.07, 6.45) is 10.6. The van der Waals surface area contributed by atoms with Crippen LogP contribution < -0.4 is 4.90 Å². The molecular formula is C20H24N6. The van der Waals surface area contributed by atoms with Crippen molar-refractivity contribution in [2.75, 3.05) is 18.0 Å². The van der Waals surface area contributed by atoms with Crippen LogP contribution in [0.15, 0.2) is 43.0 Å². The first-order valence-electron chi connectivity index (χ1n) is 9.17. The lowest BCUT2D eigenvalue weighted by molar-refractivity contribution is 0.408. The molecule has 1 aliphatic heterocycles. The molecule has 6 nitrogen and oxygen atoms in total. The van der Waals surface area contributed by atoms with Crippen molar-refractivity contribution in [2.45, 2.75) is 26.2 Å². The van der Waals surface area contributed by atoms with E-state index in [1.807, 2.05) is 32.4 Å². The second-order valence-corrected chi connectivity index (χ2v) is 6.95. The normalized spacial score (nSPS) is 17.5. The number of hydrogen-bond donors (Lipinski definition) is 0. The Balaban J connectivity index is 1.55. The standard InChI is InChI=1S/C20H24N6/c1-15-24-13-18(25(15)2)20-17(21-9-10-23-20)12-16-6-5-11-26(14-16)19-7-3-4-8-22-19/h3-4,7-10,13,16H,5-6,11-12,14H2,1-2H3/t16-/m0/s1. The maximum atomic E-state index is 4.66. The Morgan fingerprint density at radius 3 is 2.73 bits per heavy atom. The second-order valence-electron chi connectivity index (χ2n) is 6.95. The van der Waals surface area contributed by atoms with Crippen LogP contribution in [0.3, 0.4) is 0 Å². The summed E-state index contributed by atoms with van der Waals surface area (Å²) in [6, 6.07) is 6.11. The van der Waals surface area contributed by atoms with Crippen molar-refractivity contribution in [3.05, 3.63) is 54.5 Å². The van der Waals surface area contributed by atoms with Crippen molar-refractivity contribution in [3.8, 4) is 11.4 Å². The van der Waals surface area contributed by atoms with E-state index >= 15 is 0 Å². The Morgan fingerprint density at radius 2 is 1.96 bits per heavy atom. The summed E-state index contributed by atoms with van der Waals surface area (Å²) in [5.41, 5.74) is 3.04. The molecule has 1 atom stereocenters. The molecule has 1 aliphatic rings. The largest absolute Gasteiger partial charge is 0.356 e. The number of imidazole rings is 1. The van der Waals surface area contributed by atoms with Gasteiger partial charge in [-0.2, -0.15) is 0 Å². The van der Waals surface area contributed by atoms with Gasteiger partial charge >= 0.3 is 0 Å². The highest BCUT2D eigenvalue weighted by Gasteiger charge is 2.23. The minimum atomic E-state index is 0.551. The van der Waals surface area contributed by atoms with Crippen molar-refractivity contribution < 1.29 is 0 Å². The van der Waals surface area contributed by atoms with Crippen LogP contribution in [-0.4, -0.2) is 37.6 Å². The quantitative estimate of drug-likeness (QED) is 0.725. The van der Waals surface area contributed by atoms with Crippen molar-refractivity contribution in [1.82, 2.24) is 24.5 Å². The third kappa shape index (κ3) is 3.31. The summed E-state index contributed by atoms with van der Waals surface area (Å²) in [7, 11) is 2.03. The van der Waals surface area contributed by atoms with Crippen LogP contribution in [-0.2, 0) is 13.5 Å². The smallest absolute Gasteiger partial charge is 0.128 e. The average Bonchev–Trinajstić information content (AvgIpc) is 3.02. The van der Waals surface area contributed by atoms with Gasteiger partial charge in [-0.3, -0.25) is 9.97 Å². The van der Waals surface area contributed by atoms with Gasteiger partial charge in [-0.1, -0.05) is 6.07 Å². The lowest BCUT2D eigenvalue weighted by Crippen LogP contribution is -2.36. The summed E-state index contributed by atoms with van der Waals surface area (Å²) in [6.45, 7) is 4.09. The predicted molar refractivity (Wildman–Crippen MR) is 102 cm³/mol. The summed E-state index contributed by atoms with van der Waals surface area (Å²) in [5, 5.41) is 0. The molecule has 0 spiro atoms. The molecule has 0 amide bonds. The van der Waals surface area contributed by atoms with Gasteiger partial charge in [-0.25, -0.2) is 9.97 Å². The number of pyridine rings is 1. The molecule has 4 heterocycles. The fraction of sp³-hybridized carbons (Fsp3) is 0.400. The minimum Gasteiger partial charge on any atom is -0.356 e. The highest BCUT2D eigenvalue weighted by Crippen LogP contribution is 2.27. The molecular weight excluding hydrogens is 324 g/mol. The van der Waals surface area contributed by atoms with Crippen molar-refractivity contribution >= 4 is 5.82 Å². The number of piperidine rings is 1. The number of aromatic nitrogens is 5. The number of nitrogens with zero attached hydrogens (tertiary/aromatic N) is 6. The van der Waals surface area contributed by atoms with E-state index in [1.165, 1.54) is 12.8 Å². The van der Waals surface area contributed by atoms with E-state index in [4.69, 9.17) is 0 Å². The Kier molecular flexibility index (Phi) is 4.65. The van der Waals surface area contributed by atoms with E-state index in [1.54, 1.807) is 12.4 Å². The average molecular weight is 348 g/mol. The molecule has 0 aromatic carbocycles. The van der Waals surface area contributed by atoms with E-state index in [2.05, 4.69) is 41.5 Å². The zero-order valence-electron chi connectivity index (χ0n) is 15.3. The minimum absolute atomic E-state index is 0.551. The molecule has 1 fully saturated rings. The van der Waals surface area contributed by atoms with Gasteiger partial charge in [0.15, 0.2) is 0 Å². The first-order valence-corrected chi connectivity index (χ1v) is 9.17. The maximum absolute atomic E-state index is 4.66. The Bertz CT molecular complexity index is 873. The molecule has 26 heavy (non-hydrogen) atoms. The molecule has 0 bridgehead atoms. The lowest BCUT2D eigenvalue weighted by Gasteiger charge is -2.33. The number of aryl methyl sites for hydroxylation is 1. The molecule has 0 saturated carbocycles. The first kappa shape index (κ1) is 16.7. The third-order valence-electron chi connectivity index (χ3n) is 5.21. The molecule has 0 aliphatic carbocycles. The zero-order chi connectivity index (χ0) is 17.9. The van der Waals surface area contributed by atoms with Crippen LogP contribution in [0.5, 0.6) is 0 Å². The molecule has 1 saturated heterocycles. The molecule has 3 aromatic heterocycles. The number of hydrogen-bond acceptors (Lipinski definition) is 5. The predicted octanol–water partition coefficient (Wildman–Crippen LogP) is 3.04. The lowest BCUT2D eigenvalue weighted by atomic mass is 9.92. The third-order valence-corrected chi connectivity index (χ3v) is 5.21. The van der Waals surface area contributed by atoms with Crippen LogP contribution in [0.25, 0.3) is 11.4 Å². The summed E-state index contributed by atoms with van der Waals surface area (Å²) < 4.78 is 2.08. The molecule has 4 rings (SSSR count). The molecule has 134 valence electrons. The van der Waals surface area contributed by atoms with E-state index in [0.717, 1.165) is 48.2 Å². The van der Waals surface area contributed by atoms with Crippen LogP contribution in [0.4, 0.5) is 5.82 Å². The molecule has 3 aromatic rings. The molecule has 0 unspecified atom stereocenters. The summed E-state index contributed by atoms with van der Waals surface area (Å²) >= 11 is 0. The van der Waals surface area contributed by atoms with Crippen LogP contribution in [0, 0.1) is 12.8 Å². The van der Waals surface area contributed by atoms with Gasteiger partial charge in [0.05, 0.1) is 17.6 Å². The SMILES string of the molecule is Cc1ncc(-c2nccnc2C[C@@H]2CCCN(c3ccccn3)C2)n1C. The van der Waals surface area contributed by atoms with Gasteiger partial charge < -0.3 is 9.47 Å². The summed E-state index contributed by atoms with van der Waals surface area (Å²) in [4.78, 5) is 20.6. The first-order chi connectivity index (χ1) is 12.7. The van der Waals surface area contributed by atoms with E-state index in [9.17, 15) is 0 Å². The Hall–Kier alpha value is -2.76. The van der Waals surface area contributed by atoms with Crippen molar-refractivity contribution in [1.29, 1.82) is 0 Å². The Labute approximate surface area is 154 Å². The van der Waals surface area contributed by atoms with Gasteiger partial charge in [0, 0.05) is 38.7 Å². The topological polar surface area (TPSA) is 59.7 Å². The Morgan fingerprint density at radius 1 is 1.08 bits per heavy atom. The van der Waals surface area contributed by atoms with Gasteiger partial charge in [0.1, 0.15) is 17.3 Å². The van der Waals surface area contributed by atoms with E-state index in [-0.39, 0.29) is 0 Å². The van der Waals surface area contributed by atoms with Gasteiger partial charge in [-0.15, -0.1) is 0 Å². The van der Waals surface area contributed by atoms with Gasteiger partial charge in [0.25, 0.3) is 0 Å². The van der Waals surface area contributed by atoms with Gasteiger partial charge in [-0.05, 0) is 44.2 Å². The monoisotopic (exact) mass is 348 g/mol. The highest BCUT2D eigenvalue weighted by atomic mass is 15.2. The van der Waals surface area contributed by atoms with E-state index < -0.39 is 0 Å². The van der Waals surface area contributed by atoms with Gasteiger partial charge in [0.2, 0.25) is 0 Å². The van der Waals surface area contributed by atoms with Crippen LogP contribution >= 0.6 is 0 Å². The van der Waals surface area contributed by atoms with E-state index in [0.29, 0.717) is 5.92 Å².